The Morgan fingerprint density at radius 3 is 3.00 bits per heavy atom. The Morgan fingerprint density at radius 2 is 2.22 bits per heavy atom. The van der Waals surface area contributed by atoms with Gasteiger partial charge in [0.05, 0.1) is 23.9 Å². The van der Waals surface area contributed by atoms with E-state index in [1.54, 1.807) is 22.3 Å². The summed E-state index contributed by atoms with van der Waals surface area (Å²) in [5.41, 5.74) is 0.244. The number of carbonyl (C=O) groups is 1. The first kappa shape index (κ1) is 18.1. The van der Waals surface area contributed by atoms with Gasteiger partial charge in [-0.05, 0) is 41.6 Å². The maximum Gasteiger partial charge on any atom is 0.227 e. The van der Waals surface area contributed by atoms with Crippen LogP contribution >= 0.6 is 22.9 Å². The third-order valence-corrected chi connectivity index (χ3v) is 5.88. The number of thiophene rings is 1. The van der Waals surface area contributed by atoms with E-state index in [9.17, 15) is 9.18 Å². The number of rotatable bonds is 5. The number of hydrogen-bond donors (Lipinski definition) is 0. The first-order chi connectivity index (χ1) is 13.1. The Morgan fingerprint density at radius 1 is 1.33 bits per heavy atom. The van der Waals surface area contributed by atoms with Crippen LogP contribution in [-0.4, -0.2) is 43.6 Å². The largest absolute Gasteiger partial charge is 0.337 e. The van der Waals surface area contributed by atoms with Crippen molar-refractivity contribution in [3.8, 4) is 10.7 Å². The minimum Gasteiger partial charge on any atom is -0.337 e. The van der Waals surface area contributed by atoms with Crippen molar-refractivity contribution < 1.29 is 9.18 Å². The number of amides is 1. The van der Waals surface area contributed by atoms with Crippen LogP contribution < -0.4 is 0 Å². The molecule has 0 radical (unpaired) electrons. The molecule has 1 atom stereocenters. The van der Waals surface area contributed by atoms with Gasteiger partial charge in [-0.15, -0.1) is 21.5 Å². The molecule has 1 aromatic carbocycles. The molecule has 1 fully saturated rings. The Labute approximate surface area is 164 Å². The van der Waals surface area contributed by atoms with E-state index < -0.39 is 5.82 Å². The van der Waals surface area contributed by atoms with Gasteiger partial charge in [0, 0.05) is 17.1 Å². The molecular formula is C18H17ClFN5OS. The van der Waals surface area contributed by atoms with Gasteiger partial charge in [0.15, 0.2) is 0 Å². The Hall–Kier alpha value is -2.32. The number of nitrogens with zero attached hydrogens (tertiary/aromatic N) is 5. The van der Waals surface area contributed by atoms with Crippen molar-refractivity contribution in [2.45, 2.75) is 31.8 Å². The van der Waals surface area contributed by atoms with Gasteiger partial charge in [-0.1, -0.05) is 23.7 Å². The van der Waals surface area contributed by atoms with Crippen molar-refractivity contribution in [1.29, 1.82) is 0 Å². The van der Waals surface area contributed by atoms with E-state index >= 15 is 0 Å². The Kier molecular flexibility index (Phi) is 5.18. The predicted octanol–water partition coefficient (Wildman–Crippen LogP) is 3.43. The molecule has 1 aliphatic heterocycles. The highest BCUT2D eigenvalue weighted by Crippen LogP contribution is 2.24. The molecule has 3 heterocycles. The standard InChI is InChI=1S/C18H17ClFN5OS/c19-14-5-1-6-15(20)13(14)10-17(26)24-8-2-4-12(24)11-25-22-18(21-23-25)16-7-3-9-27-16/h1,3,5-7,9,12H,2,4,8,10-11H2/t12-/m0/s1. The zero-order valence-electron chi connectivity index (χ0n) is 14.4. The summed E-state index contributed by atoms with van der Waals surface area (Å²) >= 11 is 7.61. The highest BCUT2D eigenvalue weighted by molar-refractivity contribution is 7.13. The zero-order chi connectivity index (χ0) is 18.8. The zero-order valence-corrected chi connectivity index (χ0v) is 16.0. The summed E-state index contributed by atoms with van der Waals surface area (Å²) in [6, 6.07) is 8.29. The van der Waals surface area contributed by atoms with Gasteiger partial charge in [0.2, 0.25) is 11.7 Å². The highest BCUT2D eigenvalue weighted by atomic mass is 35.5. The van der Waals surface area contributed by atoms with Crippen molar-refractivity contribution >= 4 is 28.8 Å². The fourth-order valence-electron chi connectivity index (χ4n) is 3.32. The summed E-state index contributed by atoms with van der Waals surface area (Å²) in [5.74, 6) is -0.00719. The molecule has 140 valence electrons. The number of halogens is 2. The molecule has 1 aliphatic rings. The third-order valence-electron chi connectivity index (χ3n) is 4.66. The smallest absolute Gasteiger partial charge is 0.227 e. The van der Waals surface area contributed by atoms with Gasteiger partial charge in [-0.3, -0.25) is 4.79 Å². The number of carbonyl (C=O) groups excluding carboxylic acids is 1. The summed E-state index contributed by atoms with van der Waals surface area (Å²) in [6.45, 7) is 1.11. The van der Waals surface area contributed by atoms with E-state index in [1.165, 1.54) is 16.9 Å². The SMILES string of the molecule is O=C(Cc1c(F)cccc1Cl)N1CCC[C@H]1Cn1nnc(-c2cccs2)n1. The molecule has 3 aromatic rings. The number of benzene rings is 1. The molecule has 0 N–H and O–H groups in total. The number of tetrazole rings is 1. The second kappa shape index (κ2) is 7.74. The molecule has 27 heavy (non-hydrogen) atoms. The lowest BCUT2D eigenvalue weighted by atomic mass is 10.1. The van der Waals surface area contributed by atoms with Gasteiger partial charge in [0.25, 0.3) is 0 Å². The van der Waals surface area contributed by atoms with Crippen LogP contribution in [0.1, 0.15) is 18.4 Å². The monoisotopic (exact) mass is 405 g/mol. The van der Waals surface area contributed by atoms with Gasteiger partial charge >= 0.3 is 0 Å². The van der Waals surface area contributed by atoms with Crippen LogP contribution in [0, 0.1) is 5.82 Å². The normalized spacial score (nSPS) is 16.8. The minimum absolute atomic E-state index is 0.0339. The summed E-state index contributed by atoms with van der Waals surface area (Å²) in [4.78, 5) is 17.0. The summed E-state index contributed by atoms with van der Waals surface area (Å²) in [5, 5.41) is 14.8. The Balaban J connectivity index is 1.45. The maximum atomic E-state index is 14.0. The molecule has 0 unspecified atom stereocenters. The number of likely N-dealkylation sites (tertiary alicyclic amines) is 1. The van der Waals surface area contributed by atoms with Crippen LogP contribution in [0.2, 0.25) is 5.02 Å². The molecular weight excluding hydrogens is 389 g/mol. The lowest BCUT2D eigenvalue weighted by Crippen LogP contribution is -2.39. The van der Waals surface area contributed by atoms with E-state index in [0.29, 0.717) is 18.9 Å². The third kappa shape index (κ3) is 3.86. The molecule has 2 aromatic heterocycles. The number of hydrogen-bond acceptors (Lipinski definition) is 5. The van der Waals surface area contributed by atoms with E-state index in [-0.39, 0.29) is 29.0 Å². The van der Waals surface area contributed by atoms with E-state index in [0.717, 1.165) is 17.7 Å². The molecule has 1 saturated heterocycles. The maximum absolute atomic E-state index is 14.0. The second-order valence-corrected chi connectivity index (χ2v) is 7.76. The van der Waals surface area contributed by atoms with Crippen molar-refractivity contribution in [3.63, 3.8) is 0 Å². The van der Waals surface area contributed by atoms with Crippen LogP contribution in [0.25, 0.3) is 10.7 Å². The van der Waals surface area contributed by atoms with E-state index in [2.05, 4.69) is 15.4 Å². The average molecular weight is 406 g/mol. The second-order valence-electron chi connectivity index (χ2n) is 6.41. The fraction of sp³-hybridized carbons (Fsp3) is 0.333. The Bertz CT molecular complexity index is 925. The highest BCUT2D eigenvalue weighted by Gasteiger charge is 2.30. The van der Waals surface area contributed by atoms with Crippen molar-refractivity contribution in [2.24, 2.45) is 0 Å². The summed E-state index contributed by atoms with van der Waals surface area (Å²) in [6.07, 6.45) is 1.70. The summed E-state index contributed by atoms with van der Waals surface area (Å²) in [7, 11) is 0. The van der Waals surface area contributed by atoms with Crippen LogP contribution in [-0.2, 0) is 17.8 Å². The van der Waals surface area contributed by atoms with Gasteiger partial charge < -0.3 is 4.90 Å². The van der Waals surface area contributed by atoms with E-state index in [4.69, 9.17) is 11.6 Å². The van der Waals surface area contributed by atoms with Crippen LogP contribution in [0.5, 0.6) is 0 Å². The summed E-state index contributed by atoms with van der Waals surface area (Å²) < 4.78 is 14.0. The quantitative estimate of drug-likeness (QED) is 0.652. The van der Waals surface area contributed by atoms with Gasteiger partial charge in [-0.25, -0.2) is 4.39 Å². The lowest BCUT2D eigenvalue weighted by Gasteiger charge is -2.24. The fourth-order valence-corrected chi connectivity index (χ4v) is 4.20. The molecule has 0 saturated carbocycles. The molecule has 0 bridgehead atoms. The molecule has 0 aliphatic carbocycles. The van der Waals surface area contributed by atoms with Crippen LogP contribution in [0.4, 0.5) is 4.39 Å². The molecule has 1 amide bonds. The van der Waals surface area contributed by atoms with Gasteiger partial charge in [0.1, 0.15) is 5.82 Å². The lowest BCUT2D eigenvalue weighted by molar-refractivity contribution is -0.131. The first-order valence-corrected chi connectivity index (χ1v) is 9.91. The van der Waals surface area contributed by atoms with Crippen molar-refractivity contribution in [1.82, 2.24) is 25.1 Å². The molecule has 0 spiro atoms. The van der Waals surface area contributed by atoms with Crippen LogP contribution in [0.15, 0.2) is 35.7 Å². The van der Waals surface area contributed by atoms with Crippen molar-refractivity contribution in [3.05, 3.63) is 52.1 Å². The molecule has 9 heteroatoms. The topological polar surface area (TPSA) is 63.9 Å². The molecule has 6 nitrogen and oxygen atoms in total. The molecule has 4 rings (SSSR count). The van der Waals surface area contributed by atoms with Crippen LogP contribution in [0.3, 0.4) is 0 Å². The first-order valence-electron chi connectivity index (χ1n) is 8.66. The minimum atomic E-state index is -0.454. The van der Waals surface area contributed by atoms with E-state index in [1.807, 2.05) is 17.5 Å². The number of aromatic nitrogens is 4. The predicted molar refractivity (Wildman–Crippen MR) is 101 cm³/mol. The van der Waals surface area contributed by atoms with Crippen molar-refractivity contribution in [2.75, 3.05) is 6.54 Å². The van der Waals surface area contributed by atoms with Gasteiger partial charge in [-0.2, -0.15) is 4.80 Å². The average Bonchev–Trinajstić information content (AvgIpc) is 3.39.